The third-order valence-corrected chi connectivity index (χ3v) is 4.86. The third kappa shape index (κ3) is 4.04. The predicted octanol–water partition coefficient (Wildman–Crippen LogP) is 4.49. The van der Waals surface area contributed by atoms with Crippen LogP contribution in [0.2, 0.25) is 0 Å². The first-order chi connectivity index (χ1) is 11.6. The summed E-state index contributed by atoms with van der Waals surface area (Å²) in [5.41, 5.74) is 2.39. The van der Waals surface area contributed by atoms with E-state index in [1.165, 1.54) is 6.21 Å². The van der Waals surface area contributed by atoms with E-state index in [1.807, 2.05) is 42.5 Å². The maximum atomic E-state index is 11.8. The van der Waals surface area contributed by atoms with Gasteiger partial charge in [0, 0.05) is 11.5 Å². The molecule has 1 aromatic heterocycles. The number of hydrazone groups is 1. The molecule has 0 spiro atoms. The van der Waals surface area contributed by atoms with Crippen LogP contribution in [0.15, 0.2) is 67.2 Å². The molecule has 0 bridgehead atoms. The van der Waals surface area contributed by atoms with Crippen molar-refractivity contribution in [3.05, 3.63) is 63.4 Å². The van der Waals surface area contributed by atoms with Gasteiger partial charge in [-0.15, -0.1) is 0 Å². The maximum absolute atomic E-state index is 11.8. The number of carbonyl (C=O) groups excluding carboxylic acids is 1. The monoisotopic (exact) mass is 450 g/mol. The Kier molecular flexibility index (Phi) is 5.32. The van der Waals surface area contributed by atoms with Crippen LogP contribution < -0.4 is 10.2 Å². The molecule has 0 saturated carbocycles. The lowest BCUT2D eigenvalue weighted by Crippen LogP contribution is -2.24. The van der Waals surface area contributed by atoms with Gasteiger partial charge in [-0.25, -0.2) is 5.43 Å². The lowest BCUT2D eigenvalue weighted by Gasteiger charge is -2.08. The van der Waals surface area contributed by atoms with E-state index in [4.69, 9.17) is 9.15 Å². The number of nitrogens with zero attached hydrogens (tertiary/aromatic N) is 1. The summed E-state index contributed by atoms with van der Waals surface area (Å²) >= 11 is 6.52. The molecule has 0 aliphatic heterocycles. The minimum Gasteiger partial charge on any atom is -0.483 e. The highest BCUT2D eigenvalue weighted by Crippen LogP contribution is 2.26. The lowest BCUT2D eigenvalue weighted by atomic mass is 10.1. The largest absolute Gasteiger partial charge is 0.483 e. The van der Waals surface area contributed by atoms with Crippen LogP contribution in [0.4, 0.5) is 0 Å². The van der Waals surface area contributed by atoms with Crippen LogP contribution in [-0.4, -0.2) is 18.7 Å². The first-order valence-electron chi connectivity index (χ1n) is 7.01. The van der Waals surface area contributed by atoms with Gasteiger partial charge in [0.1, 0.15) is 11.5 Å². The highest BCUT2D eigenvalue weighted by Gasteiger charge is 2.06. The fourth-order valence-corrected chi connectivity index (χ4v) is 2.70. The van der Waals surface area contributed by atoms with E-state index in [0.717, 1.165) is 15.2 Å². The van der Waals surface area contributed by atoms with E-state index < -0.39 is 0 Å². The van der Waals surface area contributed by atoms with Crippen molar-refractivity contribution in [1.82, 2.24) is 5.43 Å². The van der Waals surface area contributed by atoms with Gasteiger partial charge in [0.25, 0.3) is 5.91 Å². The van der Waals surface area contributed by atoms with Crippen molar-refractivity contribution < 1.29 is 13.9 Å². The smallest absolute Gasteiger partial charge is 0.277 e. The van der Waals surface area contributed by atoms with Crippen LogP contribution in [0.25, 0.3) is 10.8 Å². The van der Waals surface area contributed by atoms with Gasteiger partial charge in [-0.05, 0) is 43.3 Å². The number of amides is 1. The topological polar surface area (TPSA) is 63.8 Å². The Morgan fingerprint density at radius 3 is 2.79 bits per heavy atom. The van der Waals surface area contributed by atoms with E-state index in [2.05, 4.69) is 42.4 Å². The molecule has 0 atom stereocenters. The molecule has 5 nitrogen and oxygen atoms in total. The molecule has 24 heavy (non-hydrogen) atoms. The van der Waals surface area contributed by atoms with E-state index in [0.29, 0.717) is 16.2 Å². The number of hydrogen-bond acceptors (Lipinski definition) is 4. The molecule has 0 aliphatic rings. The summed E-state index contributed by atoms with van der Waals surface area (Å²) in [7, 11) is 0. The number of fused-ring (bicyclic) bond motifs is 1. The zero-order valence-electron chi connectivity index (χ0n) is 12.3. The summed E-state index contributed by atoms with van der Waals surface area (Å²) < 4.78 is 12.2. The third-order valence-electron chi connectivity index (χ3n) is 3.15. The molecule has 0 radical (unpaired) electrons. The minimum atomic E-state index is -0.358. The quantitative estimate of drug-likeness (QED) is 0.459. The summed E-state index contributed by atoms with van der Waals surface area (Å²) in [5, 5.41) is 5.85. The number of furan rings is 1. The van der Waals surface area contributed by atoms with Crippen molar-refractivity contribution in [2.45, 2.75) is 0 Å². The number of benzene rings is 2. The summed E-state index contributed by atoms with van der Waals surface area (Å²) in [6.07, 6.45) is 1.41. The molecule has 3 aromatic rings. The van der Waals surface area contributed by atoms with Gasteiger partial charge in [0.05, 0.1) is 10.7 Å². The van der Waals surface area contributed by atoms with Crippen LogP contribution in [0.5, 0.6) is 5.75 Å². The van der Waals surface area contributed by atoms with Crippen LogP contribution in [0.1, 0.15) is 5.76 Å². The predicted molar refractivity (Wildman–Crippen MR) is 99.3 cm³/mol. The Hall–Kier alpha value is -2.12. The Labute approximate surface area is 154 Å². The first-order valence-corrected chi connectivity index (χ1v) is 8.59. The summed E-state index contributed by atoms with van der Waals surface area (Å²) in [5.74, 6) is 0.805. The molecule has 1 amide bonds. The van der Waals surface area contributed by atoms with Crippen molar-refractivity contribution in [2.75, 3.05) is 6.61 Å². The molecule has 7 heteroatoms. The molecule has 3 rings (SSSR count). The molecule has 2 aromatic carbocycles. The van der Waals surface area contributed by atoms with Gasteiger partial charge < -0.3 is 9.15 Å². The second-order valence-corrected chi connectivity index (χ2v) is 6.40. The summed E-state index contributed by atoms with van der Waals surface area (Å²) in [6, 6.07) is 15.3. The van der Waals surface area contributed by atoms with Crippen molar-refractivity contribution in [3.63, 3.8) is 0 Å². The minimum absolute atomic E-state index is 0.128. The number of ether oxygens (including phenoxy) is 1. The van der Waals surface area contributed by atoms with Gasteiger partial charge in [-0.3, -0.25) is 4.79 Å². The number of carbonyl (C=O) groups is 1. The van der Waals surface area contributed by atoms with E-state index in [1.54, 1.807) is 6.07 Å². The normalized spacial score (nSPS) is 11.1. The van der Waals surface area contributed by atoms with Crippen LogP contribution in [0, 0.1) is 0 Å². The highest BCUT2D eigenvalue weighted by molar-refractivity contribution is 9.13. The molecule has 1 heterocycles. The summed E-state index contributed by atoms with van der Waals surface area (Å²) in [4.78, 5) is 11.8. The molecule has 0 aliphatic carbocycles. The molecular weight excluding hydrogens is 440 g/mol. The number of rotatable bonds is 5. The zero-order chi connectivity index (χ0) is 16.9. The molecule has 0 saturated heterocycles. The van der Waals surface area contributed by atoms with Gasteiger partial charge in [0.15, 0.2) is 11.3 Å². The molecular formula is C17H12Br2N2O3. The average Bonchev–Trinajstić information content (AvgIpc) is 2.91. The van der Waals surface area contributed by atoms with Crippen LogP contribution in [0.3, 0.4) is 0 Å². The number of halogens is 2. The van der Waals surface area contributed by atoms with Gasteiger partial charge >= 0.3 is 0 Å². The fourth-order valence-electron chi connectivity index (χ4n) is 2.09. The Balaban J connectivity index is 1.57. The Bertz CT molecular complexity index is 881. The maximum Gasteiger partial charge on any atom is 0.277 e. The van der Waals surface area contributed by atoms with Gasteiger partial charge in [0.2, 0.25) is 0 Å². The second-order valence-electron chi connectivity index (χ2n) is 4.83. The molecule has 122 valence electrons. The number of nitrogens with one attached hydrogen (secondary N) is 1. The molecule has 1 N–H and O–H groups in total. The number of hydrogen-bond donors (Lipinski definition) is 1. The highest BCUT2D eigenvalue weighted by atomic mass is 79.9. The first kappa shape index (κ1) is 16.7. The average molecular weight is 452 g/mol. The van der Waals surface area contributed by atoms with Gasteiger partial charge in [-0.1, -0.05) is 36.4 Å². The van der Waals surface area contributed by atoms with E-state index in [9.17, 15) is 4.79 Å². The molecule has 0 unspecified atom stereocenters. The Morgan fingerprint density at radius 1 is 1.21 bits per heavy atom. The molecule has 0 fully saturated rings. The van der Waals surface area contributed by atoms with Crippen molar-refractivity contribution in [2.24, 2.45) is 5.10 Å². The SMILES string of the molecule is O=C(COc1cccc2ccccc12)N/N=C/c1cc(Br)c(Br)o1. The Morgan fingerprint density at radius 2 is 2.00 bits per heavy atom. The van der Waals surface area contributed by atoms with E-state index >= 15 is 0 Å². The van der Waals surface area contributed by atoms with E-state index in [-0.39, 0.29) is 12.5 Å². The van der Waals surface area contributed by atoms with Crippen molar-refractivity contribution in [3.8, 4) is 5.75 Å². The fraction of sp³-hybridized carbons (Fsp3) is 0.0588. The van der Waals surface area contributed by atoms with Crippen LogP contribution >= 0.6 is 31.9 Å². The lowest BCUT2D eigenvalue weighted by molar-refractivity contribution is -0.123. The van der Waals surface area contributed by atoms with Crippen LogP contribution in [-0.2, 0) is 4.79 Å². The second kappa shape index (κ2) is 7.63. The zero-order valence-corrected chi connectivity index (χ0v) is 15.5. The van der Waals surface area contributed by atoms with Gasteiger partial charge in [-0.2, -0.15) is 5.10 Å². The van der Waals surface area contributed by atoms with Crippen molar-refractivity contribution in [1.29, 1.82) is 0 Å². The standard InChI is InChI=1S/C17H12Br2N2O3/c18-14-8-12(24-17(14)19)9-20-21-16(22)10-23-15-7-3-5-11-4-1-2-6-13(11)15/h1-9H,10H2,(H,21,22)/b20-9+. The summed E-state index contributed by atoms with van der Waals surface area (Å²) in [6.45, 7) is -0.128. The van der Waals surface area contributed by atoms with Crippen molar-refractivity contribution >= 4 is 54.8 Å².